The Kier molecular flexibility index (Phi) is 5.46. The highest BCUT2D eigenvalue weighted by Gasteiger charge is 2.22. The maximum atomic E-state index is 12.4. The van der Waals surface area contributed by atoms with Crippen LogP contribution in [-0.2, 0) is 4.79 Å². The molecular formula is C15H20N2O4. The van der Waals surface area contributed by atoms with Crippen LogP contribution in [-0.4, -0.2) is 59.4 Å². The van der Waals surface area contributed by atoms with E-state index in [0.717, 1.165) is 0 Å². The maximum Gasteiger partial charge on any atom is 0.323 e. The average molecular weight is 292 g/mol. The van der Waals surface area contributed by atoms with Gasteiger partial charge in [0.2, 0.25) is 0 Å². The summed E-state index contributed by atoms with van der Waals surface area (Å²) in [5, 5.41) is 8.89. The molecule has 0 bridgehead atoms. The van der Waals surface area contributed by atoms with Crippen molar-refractivity contribution in [1.29, 1.82) is 0 Å². The van der Waals surface area contributed by atoms with Gasteiger partial charge in [-0.25, -0.2) is 0 Å². The summed E-state index contributed by atoms with van der Waals surface area (Å²) < 4.78 is 0. The molecule has 0 radical (unpaired) electrons. The van der Waals surface area contributed by atoms with Crippen LogP contribution in [0.25, 0.3) is 0 Å². The van der Waals surface area contributed by atoms with Crippen LogP contribution in [0.1, 0.15) is 34.6 Å². The predicted molar refractivity (Wildman–Crippen MR) is 78.3 cm³/mol. The van der Waals surface area contributed by atoms with Crippen molar-refractivity contribution in [2.75, 3.05) is 20.6 Å². The molecule has 1 aromatic carbocycles. The lowest BCUT2D eigenvalue weighted by Crippen LogP contribution is -2.40. The molecule has 0 fully saturated rings. The first-order chi connectivity index (χ1) is 9.73. The molecule has 2 amide bonds. The second-order valence-electron chi connectivity index (χ2n) is 5.20. The Morgan fingerprint density at radius 3 is 2.05 bits per heavy atom. The highest BCUT2D eigenvalue weighted by molar-refractivity contribution is 6.00. The molecule has 0 saturated carbocycles. The smallest absolute Gasteiger partial charge is 0.323 e. The molecule has 1 aromatic rings. The second kappa shape index (κ2) is 6.88. The van der Waals surface area contributed by atoms with E-state index in [1.54, 1.807) is 46.1 Å². The zero-order valence-corrected chi connectivity index (χ0v) is 12.7. The zero-order valence-electron chi connectivity index (χ0n) is 12.7. The number of carboxylic acids is 1. The Hall–Kier alpha value is -2.37. The molecule has 0 unspecified atom stereocenters. The molecule has 0 aromatic heterocycles. The van der Waals surface area contributed by atoms with Gasteiger partial charge in [0, 0.05) is 31.3 Å². The molecule has 0 aliphatic heterocycles. The fourth-order valence-corrected chi connectivity index (χ4v) is 1.84. The fraction of sp³-hybridized carbons (Fsp3) is 0.400. The number of benzene rings is 1. The summed E-state index contributed by atoms with van der Waals surface area (Å²) in [6, 6.07) is 6.05. The molecule has 0 saturated heterocycles. The van der Waals surface area contributed by atoms with Crippen molar-refractivity contribution in [2.24, 2.45) is 0 Å². The lowest BCUT2D eigenvalue weighted by molar-refractivity contribution is -0.138. The molecule has 0 aliphatic rings. The number of carbonyl (C=O) groups excluding carboxylic acids is 2. The minimum atomic E-state index is -1.07. The molecule has 0 atom stereocenters. The summed E-state index contributed by atoms with van der Waals surface area (Å²) in [7, 11) is 3.25. The summed E-state index contributed by atoms with van der Waals surface area (Å²) >= 11 is 0. The number of carbonyl (C=O) groups is 3. The van der Waals surface area contributed by atoms with Crippen LogP contribution >= 0.6 is 0 Å². The molecular weight excluding hydrogens is 272 g/mol. The predicted octanol–water partition coefficient (Wildman–Crippen LogP) is 1.32. The van der Waals surface area contributed by atoms with E-state index in [4.69, 9.17) is 5.11 Å². The third kappa shape index (κ3) is 4.30. The van der Waals surface area contributed by atoms with Crippen LogP contribution in [0.3, 0.4) is 0 Å². The van der Waals surface area contributed by atoms with Crippen molar-refractivity contribution in [3.63, 3.8) is 0 Å². The third-order valence-corrected chi connectivity index (χ3v) is 2.95. The summed E-state index contributed by atoms with van der Waals surface area (Å²) in [6.45, 7) is 3.12. The van der Waals surface area contributed by atoms with Gasteiger partial charge in [0.05, 0.1) is 0 Å². The van der Waals surface area contributed by atoms with Gasteiger partial charge >= 0.3 is 5.97 Å². The molecule has 114 valence electrons. The van der Waals surface area contributed by atoms with E-state index >= 15 is 0 Å². The van der Waals surface area contributed by atoms with E-state index < -0.39 is 11.9 Å². The topological polar surface area (TPSA) is 77.9 Å². The van der Waals surface area contributed by atoms with Crippen molar-refractivity contribution in [2.45, 2.75) is 19.9 Å². The Morgan fingerprint density at radius 1 is 1.10 bits per heavy atom. The van der Waals surface area contributed by atoms with E-state index in [-0.39, 0.29) is 18.5 Å². The number of amides is 2. The first-order valence-corrected chi connectivity index (χ1v) is 6.58. The van der Waals surface area contributed by atoms with Crippen LogP contribution < -0.4 is 0 Å². The number of aliphatic carboxylic acids is 1. The number of hydrogen-bond donors (Lipinski definition) is 1. The molecule has 0 spiro atoms. The minimum Gasteiger partial charge on any atom is -0.480 e. The first-order valence-electron chi connectivity index (χ1n) is 6.58. The van der Waals surface area contributed by atoms with E-state index in [0.29, 0.717) is 11.1 Å². The summed E-state index contributed by atoms with van der Waals surface area (Å²) in [5.74, 6) is -1.68. The van der Waals surface area contributed by atoms with Crippen molar-refractivity contribution < 1.29 is 19.5 Å². The third-order valence-electron chi connectivity index (χ3n) is 2.95. The number of carboxylic acid groups (broad SMARTS) is 1. The Labute approximate surface area is 124 Å². The molecule has 6 nitrogen and oxygen atoms in total. The standard InChI is InChI=1S/C15H20N2O4/c1-10(2)17(9-13(18)19)15(21)12-7-5-6-11(8-12)14(20)16(3)4/h5-8,10H,9H2,1-4H3,(H,18,19). The van der Waals surface area contributed by atoms with Crippen LogP contribution in [0.4, 0.5) is 0 Å². The van der Waals surface area contributed by atoms with Gasteiger partial charge in [0.25, 0.3) is 11.8 Å². The minimum absolute atomic E-state index is 0.209. The van der Waals surface area contributed by atoms with Gasteiger partial charge in [0.1, 0.15) is 6.54 Å². The van der Waals surface area contributed by atoms with Gasteiger partial charge < -0.3 is 14.9 Å². The van der Waals surface area contributed by atoms with Gasteiger partial charge in [-0.15, -0.1) is 0 Å². The van der Waals surface area contributed by atoms with Gasteiger partial charge in [0.15, 0.2) is 0 Å². The average Bonchev–Trinajstić information content (AvgIpc) is 2.42. The quantitative estimate of drug-likeness (QED) is 0.888. The normalized spacial score (nSPS) is 10.3. The van der Waals surface area contributed by atoms with Crippen LogP contribution in [0.15, 0.2) is 24.3 Å². The Morgan fingerprint density at radius 2 is 1.62 bits per heavy atom. The van der Waals surface area contributed by atoms with Crippen LogP contribution in [0.2, 0.25) is 0 Å². The monoisotopic (exact) mass is 292 g/mol. The zero-order chi connectivity index (χ0) is 16.2. The Balaban J connectivity index is 3.08. The summed E-state index contributed by atoms with van der Waals surface area (Å²) in [5.41, 5.74) is 0.697. The van der Waals surface area contributed by atoms with Gasteiger partial charge in [-0.05, 0) is 32.0 Å². The van der Waals surface area contributed by atoms with Gasteiger partial charge in [-0.2, -0.15) is 0 Å². The van der Waals surface area contributed by atoms with Crippen molar-refractivity contribution in [1.82, 2.24) is 9.80 Å². The van der Waals surface area contributed by atoms with Crippen LogP contribution in [0, 0.1) is 0 Å². The van der Waals surface area contributed by atoms with Crippen molar-refractivity contribution in [3.05, 3.63) is 35.4 Å². The number of nitrogens with zero attached hydrogens (tertiary/aromatic N) is 2. The molecule has 1 N–H and O–H groups in total. The Bertz CT molecular complexity index is 552. The molecule has 21 heavy (non-hydrogen) atoms. The highest BCUT2D eigenvalue weighted by Crippen LogP contribution is 2.12. The number of hydrogen-bond acceptors (Lipinski definition) is 3. The van der Waals surface area contributed by atoms with E-state index in [1.807, 2.05) is 0 Å². The van der Waals surface area contributed by atoms with E-state index in [9.17, 15) is 14.4 Å². The molecule has 0 aliphatic carbocycles. The van der Waals surface area contributed by atoms with Crippen LogP contribution in [0.5, 0.6) is 0 Å². The lowest BCUT2D eigenvalue weighted by Gasteiger charge is -2.25. The van der Waals surface area contributed by atoms with Gasteiger partial charge in [-0.3, -0.25) is 14.4 Å². The number of rotatable bonds is 5. The molecule has 0 heterocycles. The largest absolute Gasteiger partial charge is 0.480 e. The van der Waals surface area contributed by atoms with E-state index in [2.05, 4.69) is 0 Å². The highest BCUT2D eigenvalue weighted by atomic mass is 16.4. The van der Waals surface area contributed by atoms with Crippen molar-refractivity contribution in [3.8, 4) is 0 Å². The molecule has 1 rings (SSSR count). The maximum absolute atomic E-state index is 12.4. The summed E-state index contributed by atoms with van der Waals surface area (Å²) in [4.78, 5) is 37.8. The lowest BCUT2D eigenvalue weighted by atomic mass is 10.1. The fourth-order valence-electron chi connectivity index (χ4n) is 1.84. The second-order valence-corrected chi connectivity index (χ2v) is 5.20. The van der Waals surface area contributed by atoms with Crippen molar-refractivity contribution >= 4 is 17.8 Å². The first kappa shape index (κ1) is 16.7. The van der Waals surface area contributed by atoms with Gasteiger partial charge in [-0.1, -0.05) is 6.07 Å². The summed E-state index contributed by atoms with van der Waals surface area (Å²) in [6.07, 6.45) is 0. The molecule has 6 heteroatoms. The SMILES string of the molecule is CC(C)N(CC(=O)O)C(=O)c1cccc(C(=O)N(C)C)c1. The van der Waals surface area contributed by atoms with E-state index in [1.165, 1.54) is 15.9 Å².